The van der Waals surface area contributed by atoms with E-state index in [0.29, 0.717) is 6.54 Å². The zero-order valence-electron chi connectivity index (χ0n) is 11.7. The lowest BCUT2D eigenvalue weighted by atomic mass is 9.98. The normalized spacial score (nSPS) is 18.0. The minimum atomic E-state index is 0.157. The van der Waals surface area contributed by atoms with Gasteiger partial charge in [0.1, 0.15) is 5.52 Å². The summed E-state index contributed by atoms with van der Waals surface area (Å²) in [7, 11) is 0. The predicted molar refractivity (Wildman–Crippen MR) is 83.2 cm³/mol. The molecule has 4 nitrogen and oxygen atoms in total. The highest BCUT2D eigenvalue weighted by molar-refractivity contribution is 5.72. The molecule has 0 fully saturated rings. The van der Waals surface area contributed by atoms with Crippen LogP contribution < -0.4 is 10.6 Å². The van der Waals surface area contributed by atoms with E-state index in [1.54, 1.807) is 0 Å². The van der Waals surface area contributed by atoms with E-state index in [1.807, 2.05) is 24.3 Å². The number of hydrogen-bond donors (Lipinski definition) is 1. The number of hydrogen-bond acceptors (Lipinski definition) is 4. The van der Waals surface area contributed by atoms with Crippen LogP contribution in [0.15, 0.2) is 52.9 Å². The van der Waals surface area contributed by atoms with Crippen LogP contribution in [0, 0.1) is 0 Å². The number of rotatable bonds is 2. The Bertz CT molecular complexity index is 747. The molecular weight excluding hydrogens is 262 g/mol. The van der Waals surface area contributed by atoms with Crippen molar-refractivity contribution in [2.75, 3.05) is 11.4 Å². The third kappa shape index (κ3) is 2.28. The number of aromatic nitrogens is 1. The number of nitrogens with zero attached hydrogens (tertiary/aromatic N) is 2. The largest absolute Gasteiger partial charge is 0.439 e. The monoisotopic (exact) mass is 279 g/mol. The van der Waals surface area contributed by atoms with Crippen LogP contribution in [0.3, 0.4) is 0 Å². The topological polar surface area (TPSA) is 55.3 Å². The quantitative estimate of drug-likeness (QED) is 0.783. The number of para-hydroxylation sites is 3. The molecule has 4 rings (SSSR count). The molecule has 0 saturated carbocycles. The van der Waals surface area contributed by atoms with Gasteiger partial charge >= 0.3 is 0 Å². The molecule has 0 bridgehead atoms. The summed E-state index contributed by atoms with van der Waals surface area (Å²) in [6, 6.07) is 16.4. The Morgan fingerprint density at radius 2 is 1.95 bits per heavy atom. The van der Waals surface area contributed by atoms with E-state index in [-0.39, 0.29) is 6.04 Å². The van der Waals surface area contributed by atoms with Gasteiger partial charge in [0, 0.05) is 18.3 Å². The van der Waals surface area contributed by atoms with Crippen LogP contribution in [0.4, 0.5) is 5.69 Å². The van der Waals surface area contributed by atoms with Gasteiger partial charge < -0.3 is 15.1 Å². The van der Waals surface area contributed by atoms with Crippen molar-refractivity contribution in [3.05, 3.63) is 60.0 Å². The fourth-order valence-corrected chi connectivity index (χ4v) is 3.02. The van der Waals surface area contributed by atoms with E-state index < -0.39 is 0 Å². The molecule has 3 aromatic rings. The van der Waals surface area contributed by atoms with Crippen molar-refractivity contribution in [1.29, 1.82) is 0 Å². The number of oxazole rings is 1. The summed E-state index contributed by atoms with van der Waals surface area (Å²) >= 11 is 0. The van der Waals surface area contributed by atoms with Gasteiger partial charge in [-0.05, 0) is 30.2 Å². The molecule has 1 aromatic heterocycles. The number of nitrogens with two attached hydrogens (primary N) is 1. The molecule has 1 aliphatic rings. The Morgan fingerprint density at radius 3 is 2.86 bits per heavy atom. The van der Waals surface area contributed by atoms with Gasteiger partial charge in [-0.3, -0.25) is 0 Å². The molecule has 0 spiro atoms. The van der Waals surface area contributed by atoms with Gasteiger partial charge in [0.25, 0.3) is 0 Å². The zero-order valence-corrected chi connectivity index (χ0v) is 11.7. The Balaban J connectivity index is 1.67. The molecule has 0 amide bonds. The molecule has 2 heterocycles. The van der Waals surface area contributed by atoms with Gasteiger partial charge in [-0.2, -0.15) is 0 Å². The van der Waals surface area contributed by atoms with Crippen molar-refractivity contribution < 1.29 is 4.42 Å². The maximum Gasteiger partial charge on any atom is 0.215 e. The Hall–Kier alpha value is -2.33. The van der Waals surface area contributed by atoms with Crippen LogP contribution in [0.25, 0.3) is 11.1 Å². The summed E-state index contributed by atoms with van der Waals surface area (Å²) in [5, 5.41) is 0. The molecule has 1 atom stereocenters. The van der Waals surface area contributed by atoms with Gasteiger partial charge in [0.15, 0.2) is 5.58 Å². The van der Waals surface area contributed by atoms with E-state index in [1.165, 1.54) is 11.3 Å². The summed E-state index contributed by atoms with van der Waals surface area (Å²) in [6.45, 7) is 1.48. The SMILES string of the molecule is NC1Cc2ccccc2N(Cc2nc3ccccc3o2)C1. The van der Waals surface area contributed by atoms with E-state index in [4.69, 9.17) is 10.2 Å². The summed E-state index contributed by atoms with van der Waals surface area (Å²) in [5.74, 6) is 0.736. The molecule has 2 N–H and O–H groups in total. The maximum atomic E-state index is 6.18. The van der Waals surface area contributed by atoms with Crippen molar-refractivity contribution in [3.63, 3.8) is 0 Å². The molecule has 4 heteroatoms. The average molecular weight is 279 g/mol. The Kier molecular flexibility index (Phi) is 2.89. The van der Waals surface area contributed by atoms with Crippen LogP contribution in [-0.2, 0) is 13.0 Å². The fraction of sp³-hybridized carbons (Fsp3) is 0.235. The minimum absolute atomic E-state index is 0.157. The lowest BCUT2D eigenvalue weighted by molar-refractivity contribution is 0.502. The van der Waals surface area contributed by atoms with Gasteiger partial charge in [-0.15, -0.1) is 0 Å². The molecule has 0 radical (unpaired) electrons. The van der Waals surface area contributed by atoms with Gasteiger partial charge in [0.2, 0.25) is 5.89 Å². The highest BCUT2D eigenvalue weighted by Gasteiger charge is 2.23. The lowest BCUT2D eigenvalue weighted by Crippen LogP contribution is -2.42. The van der Waals surface area contributed by atoms with Crippen molar-refractivity contribution >= 4 is 16.8 Å². The maximum absolute atomic E-state index is 6.18. The molecule has 2 aromatic carbocycles. The molecular formula is C17H17N3O. The first kappa shape index (κ1) is 12.4. The molecule has 1 unspecified atom stereocenters. The number of fused-ring (bicyclic) bond motifs is 2. The van der Waals surface area contributed by atoms with Gasteiger partial charge in [0.05, 0.1) is 6.54 Å². The molecule has 1 aliphatic heterocycles. The molecule has 0 aliphatic carbocycles. The van der Waals surface area contributed by atoms with Crippen LogP contribution in [0.1, 0.15) is 11.5 Å². The first-order valence-electron chi connectivity index (χ1n) is 7.22. The highest BCUT2D eigenvalue weighted by Crippen LogP contribution is 2.28. The summed E-state index contributed by atoms with van der Waals surface area (Å²) < 4.78 is 5.83. The van der Waals surface area contributed by atoms with E-state index in [9.17, 15) is 0 Å². The Labute approximate surface area is 123 Å². The third-order valence-electron chi connectivity index (χ3n) is 3.93. The second-order valence-corrected chi connectivity index (χ2v) is 5.55. The summed E-state index contributed by atoms with van der Waals surface area (Å²) in [6.07, 6.45) is 0.931. The first-order valence-corrected chi connectivity index (χ1v) is 7.22. The van der Waals surface area contributed by atoms with Crippen LogP contribution in [-0.4, -0.2) is 17.6 Å². The number of benzene rings is 2. The van der Waals surface area contributed by atoms with E-state index >= 15 is 0 Å². The average Bonchev–Trinajstić information content (AvgIpc) is 2.89. The molecule has 106 valence electrons. The second kappa shape index (κ2) is 4.90. The predicted octanol–water partition coefficient (Wildman–Crippen LogP) is 2.72. The van der Waals surface area contributed by atoms with Gasteiger partial charge in [-0.25, -0.2) is 4.98 Å². The minimum Gasteiger partial charge on any atom is -0.439 e. The second-order valence-electron chi connectivity index (χ2n) is 5.55. The zero-order chi connectivity index (χ0) is 14.2. The summed E-state index contributed by atoms with van der Waals surface area (Å²) in [5.41, 5.74) is 10.5. The molecule has 21 heavy (non-hydrogen) atoms. The molecule has 0 saturated heterocycles. The van der Waals surface area contributed by atoms with Gasteiger partial charge in [-0.1, -0.05) is 30.3 Å². The van der Waals surface area contributed by atoms with E-state index in [2.05, 4.69) is 34.1 Å². The van der Waals surface area contributed by atoms with Crippen LogP contribution >= 0.6 is 0 Å². The summed E-state index contributed by atoms with van der Waals surface area (Å²) in [4.78, 5) is 6.81. The van der Waals surface area contributed by atoms with Crippen molar-refractivity contribution in [3.8, 4) is 0 Å². The third-order valence-corrected chi connectivity index (χ3v) is 3.93. The van der Waals surface area contributed by atoms with Crippen molar-refractivity contribution in [2.24, 2.45) is 5.73 Å². The Morgan fingerprint density at radius 1 is 1.14 bits per heavy atom. The van der Waals surface area contributed by atoms with Crippen molar-refractivity contribution in [1.82, 2.24) is 4.98 Å². The highest BCUT2D eigenvalue weighted by atomic mass is 16.3. The standard InChI is InChI=1S/C17H17N3O/c18-13-9-12-5-1-3-7-15(12)20(10-13)11-17-19-14-6-2-4-8-16(14)21-17/h1-8,13H,9-11,18H2. The van der Waals surface area contributed by atoms with Crippen LogP contribution in [0.2, 0.25) is 0 Å². The van der Waals surface area contributed by atoms with Crippen molar-refractivity contribution in [2.45, 2.75) is 19.0 Å². The smallest absolute Gasteiger partial charge is 0.215 e. The lowest BCUT2D eigenvalue weighted by Gasteiger charge is -2.33. The number of anilines is 1. The van der Waals surface area contributed by atoms with Crippen LogP contribution in [0.5, 0.6) is 0 Å². The first-order chi connectivity index (χ1) is 10.3. The van der Waals surface area contributed by atoms with E-state index in [0.717, 1.165) is 30.0 Å². The fourth-order valence-electron chi connectivity index (χ4n) is 3.02.